The topological polar surface area (TPSA) is 15.3 Å². The van der Waals surface area contributed by atoms with Crippen molar-refractivity contribution in [3.8, 4) is 0 Å². The van der Waals surface area contributed by atoms with Crippen molar-refractivity contribution in [3.05, 3.63) is 35.9 Å². The molecule has 1 fully saturated rings. The van der Waals surface area contributed by atoms with Crippen LogP contribution in [0.2, 0.25) is 0 Å². The first-order valence-corrected chi connectivity index (χ1v) is 8.56. The van der Waals surface area contributed by atoms with Crippen molar-refractivity contribution in [2.24, 2.45) is 0 Å². The summed E-state index contributed by atoms with van der Waals surface area (Å²) in [5.41, 5.74) is 1.76. The highest BCUT2D eigenvalue weighted by Crippen LogP contribution is 2.34. The van der Waals surface area contributed by atoms with Crippen LogP contribution in [0.3, 0.4) is 0 Å². The number of piperazine rings is 1. The summed E-state index contributed by atoms with van der Waals surface area (Å²) in [6.45, 7) is 13.9. The van der Waals surface area contributed by atoms with Crippen molar-refractivity contribution in [3.63, 3.8) is 0 Å². The summed E-state index contributed by atoms with van der Waals surface area (Å²) in [7, 11) is 0. The number of nitrogens with zero attached hydrogens (tertiary/aromatic N) is 1. The molecule has 2 heteroatoms. The zero-order valence-electron chi connectivity index (χ0n) is 14.4. The Labute approximate surface area is 130 Å². The molecule has 0 spiro atoms. The third kappa shape index (κ3) is 3.17. The van der Waals surface area contributed by atoms with Gasteiger partial charge in [-0.2, -0.15) is 0 Å². The Morgan fingerprint density at radius 2 is 1.81 bits per heavy atom. The van der Waals surface area contributed by atoms with Crippen molar-refractivity contribution in [1.82, 2.24) is 10.2 Å². The van der Waals surface area contributed by atoms with Crippen molar-refractivity contribution in [1.29, 1.82) is 0 Å². The lowest BCUT2D eigenvalue weighted by atomic mass is 9.82. The van der Waals surface area contributed by atoms with Gasteiger partial charge in [-0.05, 0) is 38.7 Å². The summed E-state index contributed by atoms with van der Waals surface area (Å²) in [6.07, 6.45) is 3.64. The van der Waals surface area contributed by atoms with Gasteiger partial charge in [0.05, 0.1) is 5.54 Å². The molecule has 0 amide bonds. The van der Waals surface area contributed by atoms with Crippen molar-refractivity contribution >= 4 is 0 Å². The maximum Gasteiger partial charge on any atom is 0.0535 e. The van der Waals surface area contributed by atoms with Gasteiger partial charge in [0.15, 0.2) is 0 Å². The highest BCUT2D eigenvalue weighted by molar-refractivity contribution is 5.25. The van der Waals surface area contributed by atoms with Crippen LogP contribution in [0.15, 0.2) is 30.3 Å². The molecular formula is C19H32N2. The molecule has 2 unspecified atom stereocenters. The molecule has 0 radical (unpaired) electrons. The van der Waals surface area contributed by atoms with E-state index < -0.39 is 0 Å². The van der Waals surface area contributed by atoms with Gasteiger partial charge >= 0.3 is 0 Å². The minimum Gasteiger partial charge on any atom is -0.305 e. The van der Waals surface area contributed by atoms with Gasteiger partial charge in [-0.1, -0.05) is 51.1 Å². The van der Waals surface area contributed by atoms with Crippen LogP contribution in [0.5, 0.6) is 0 Å². The van der Waals surface area contributed by atoms with E-state index >= 15 is 0 Å². The quantitative estimate of drug-likeness (QED) is 0.875. The van der Waals surface area contributed by atoms with Crippen LogP contribution in [0.4, 0.5) is 0 Å². The van der Waals surface area contributed by atoms with E-state index in [1.807, 2.05) is 0 Å². The van der Waals surface area contributed by atoms with Crippen molar-refractivity contribution in [2.45, 2.75) is 71.0 Å². The number of rotatable bonds is 5. The second-order valence-electron chi connectivity index (χ2n) is 6.97. The van der Waals surface area contributed by atoms with Crippen LogP contribution in [0.25, 0.3) is 0 Å². The minimum absolute atomic E-state index is 0.0541. The summed E-state index contributed by atoms with van der Waals surface area (Å²) in [4.78, 5) is 2.77. The summed E-state index contributed by atoms with van der Waals surface area (Å²) in [6, 6.07) is 11.6. The number of hydrogen-bond acceptors (Lipinski definition) is 2. The fourth-order valence-electron chi connectivity index (χ4n) is 3.63. The molecule has 2 atom stereocenters. The first-order valence-electron chi connectivity index (χ1n) is 8.56. The molecule has 2 rings (SSSR count). The van der Waals surface area contributed by atoms with E-state index in [9.17, 15) is 0 Å². The zero-order chi connectivity index (χ0) is 15.5. The lowest BCUT2D eigenvalue weighted by Gasteiger charge is -2.53. The van der Waals surface area contributed by atoms with Gasteiger partial charge in [0.25, 0.3) is 0 Å². The van der Waals surface area contributed by atoms with E-state index in [1.165, 1.54) is 24.8 Å². The van der Waals surface area contributed by atoms with E-state index in [2.05, 4.69) is 75.2 Å². The maximum atomic E-state index is 3.82. The summed E-state index contributed by atoms with van der Waals surface area (Å²) in [5.74, 6) is 0. The average molecular weight is 288 g/mol. The van der Waals surface area contributed by atoms with Crippen LogP contribution in [0, 0.1) is 0 Å². The molecule has 1 heterocycles. The number of benzene rings is 1. The second-order valence-corrected chi connectivity index (χ2v) is 6.97. The predicted molar refractivity (Wildman–Crippen MR) is 91.6 cm³/mol. The molecule has 0 saturated carbocycles. The van der Waals surface area contributed by atoms with E-state index in [0.717, 1.165) is 13.1 Å². The largest absolute Gasteiger partial charge is 0.305 e. The Morgan fingerprint density at radius 1 is 1.19 bits per heavy atom. The molecule has 1 N–H and O–H groups in total. The first kappa shape index (κ1) is 16.5. The molecular weight excluding hydrogens is 256 g/mol. The fraction of sp³-hybridized carbons (Fsp3) is 0.684. The molecule has 21 heavy (non-hydrogen) atoms. The fourth-order valence-corrected chi connectivity index (χ4v) is 3.63. The lowest BCUT2D eigenvalue weighted by Crippen LogP contribution is -2.66. The standard InChI is InChI=1S/C19H32N2/c1-6-17-14-20-19(5,16-12-10-9-11-13-16)15-21(17)18(4,7-2)8-3/h9-13,17,20H,6-8,14-15H2,1-5H3. The van der Waals surface area contributed by atoms with Gasteiger partial charge in [0.2, 0.25) is 0 Å². The molecule has 1 aromatic rings. The second kappa shape index (κ2) is 6.50. The summed E-state index contributed by atoms with van der Waals surface area (Å²) >= 11 is 0. The molecule has 2 nitrogen and oxygen atoms in total. The van der Waals surface area contributed by atoms with Gasteiger partial charge in [-0.15, -0.1) is 0 Å². The van der Waals surface area contributed by atoms with E-state index in [-0.39, 0.29) is 5.54 Å². The Morgan fingerprint density at radius 3 is 2.33 bits per heavy atom. The molecule has 1 aliphatic heterocycles. The van der Waals surface area contributed by atoms with Crippen molar-refractivity contribution in [2.75, 3.05) is 13.1 Å². The van der Waals surface area contributed by atoms with Crippen LogP contribution >= 0.6 is 0 Å². The third-order valence-corrected chi connectivity index (χ3v) is 5.75. The highest BCUT2D eigenvalue weighted by Gasteiger charge is 2.42. The van der Waals surface area contributed by atoms with Crippen LogP contribution in [0.1, 0.15) is 59.4 Å². The smallest absolute Gasteiger partial charge is 0.0535 e. The van der Waals surface area contributed by atoms with E-state index in [4.69, 9.17) is 0 Å². The molecule has 1 saturated heterocycles. The monoisotopic (exact) mass is 288 g/mol. The van der Waals surface area contributed by atoms with Gasteiger partial charge in [0, 0.05) is 24.7 Å². The summed E-state index contributed by atoms with van der Waals surface area (Å²) in [5, 5.41) is 3.82. The van der Waals surface area contributed by atoms with Crippen LogP contribution < -0.4 is 5.32 Å². The van der Waals surface area contributed by atoms with E-state index in [1.54, 1.807) is 0 Å². The van der Waals surface area contributed by atoms with E-state index in [0.29, 0.717) is 11.6 Å². The van der Waals surface area contributed by atoms with Crippen LogP contribution in [-0.4, -0.2) is 29.6 Å². The first-order chi connectivity index (χ1) is 9.99. The van der Waals surface area contributed by atoms with Gasteiger partial charge in [-0.25, -0.2) is 0 Å². The highest BCUT2D eigenvalue weighted by atomic mass is 15.3. The van der Waals surface area contributed by atoms with Gasteiger partial charge in [0.1, 0.15) is 0 Å². The Hall–Kier alpha value is -0.860. The molecule has 0 bridgehead atoms. The molecule has 118 valence electrons. The Balaban J connectivity index is 2.30. The third-order valence-electron chi connectivity index (χ3n) is 5.75. The minimum atomic E-state index is 0.0541. The average Bonchev–Trinajstić information content (AvgIpc) is 2.55. The molecule has 0 aromatic heterocycles. The normalized spacial score (nSPS) is 27.8. The zero-order valence-corrected chi connectivity index (χ0v) is 14.4. The molecule has 0 aliphatic carbocycles. The van der Waals surface area contributed by atoms with Crippen molar-refractivity contribution < 1.29 is 0 Å². The molecule has 1 aromatic carbocycles. The van der Waals surface area contributed by atoms with Gasteiger partial charge in [-0.3, -0.25) is 4.90 Å². The predicted octanol–water partition coefficient (Wildman–Crippen LogP) is 4.16. The lowest BCUT2D eigenvalue weighted by molar-refractivity contribution is -0.0120. The Bertz CT molecular complexity index is 438. The van der Waals surface area contributed by atoms with Gasteiger partial charge < -0.3 is 5.32 Å². The maximum absolute atomic E-state index is 3.82. The number of hydrogen-bond donors (Lipinski definition) is 1. The number of nitrogens with one attached hydrogen (secondary N) is 1. The molecule has 1 aliphatic rings. The summed E-state index contributed by atoms with van der Waals surface area (Å²) < 4.78 is 0. The van der Waals surface area contributed by atoms with Crippen LogP contribution in [-0.2, 0) is 5.54 Å². The SMILES string of the molecule is CCC1CNC(C)(c2ccccc2)CN1C(C)(CC)CC. The Kier molecular flexibility index (Phi) is 5.11.